The van der Waals surface area contributed by atoms with E-state index in [4.69, 9.17) is 14.5 Å². The lowest BCUT2D eigenvalue weighted by atomic mass is 10.1. The van der Waals surface area contributed by atoms with Crippen LogP contribution in [0.4, 0.5) is 10.1 Å². The van der Waals surface area contributed by atoms with Gasteiger partial charge in [-0.05, 0) is 66.2 Å². The maximum Gasteiger partial charge on any atom is 0.189 e. The third-order valence-electron chi connectivity index (χ3n) is 6.08. The molecular weight excluding hydrogens is 461 g/mol. The number of hydrogen-bond donors (Lipinski definition) is 1. The zero-order valence-corrected chi connectivity index (χ0v) is 21.4. The summed E-state index contributed by atoms with van der Waals surface area (Å²) in [7, 11) is 0. The molecule has 0 aromatic heterocycles. The molecule has 2 aromatic carbocycles. The number of fused-ring (bicyclic) bond motifs is 1. The second-order valence-corrected chi connectivity index (χ2v) is 9.99. The minimum Gasteiger partial charge on any atom is -0.486 e. The largest absolute Gasteiger partial charge is 0.486 e. The van der Waals surface area contributed by atoms with Crippen LogP contribution >= 0.6 is 11.8 Å². The van der Waals surface area contributed by atoms with Crippen LogP contribution in [0.25, 0.3) is 6.08 Å². The smallest absolute Gasteiger partial charge is 0.189 e. The highest BCUT2D eigenvalue weighted by Gasteiger charge is 2.23. The van der Waals surface area contributed by atoms with E-state index in [1.807, 2.05) is 18.2 Å². The maximum absolute atomic E-state index is 13.4. The van der Waals surface area contributed by atoms with E-state index in [0.717, 1.165) is 45.9 Å². The van der Waals surface area contributed by atoms with E-state index in [-0.39, 0.29) is 5.82 Å². The Morgan fingerprint density at radius 1 is 0.914 bits per heavy atom. The van der Waals surface area contributed by atoms with Crippen LogP contribution in [0.1, 0.15) is 70.3 Å². The van der Waals surface area contributed by atoms with Crippen molar-refractivity contribution in [3.63, 3.8) is 0 Å². The van der Waals surface area contributed by atoms with Crippen molar-refractivity contribution in [2.45, 2.75) is 64.7 Å². The van der Waals surface area contributed by atoms with Crippen molar-refractivity contribution < 1.29 is 13.9 Å². The molecule has 2 aromatic rings. The number of benzene rings is 2. The standard InChI is InChI=1S/C28H36FN3O2S/c1-2-3-4-5-6-7-8-9-10-17-32-28(30-24-14-12-23(29)13-15-24)35-27(31-32)21-22-11-16-25-26(20-22)34-19-18-33-25/h11-16,20-21,31H,2-10,17-19H2,1H3/b27-21-,30-28?. The fraction of sp³-hybridized carbons (Fsp3) is 0.464. The van der Waals surface area contributed by atoms with Crippen LogP contribution < -0.4 is 14.9 Å². The predicted molar refractivity (Wildman–Crippen MR) is 144 cm³/mol. The number of hydrogen-bond acceptors (Lipinski definition) is 5. The number of halogens is 1. The highest BCUT2D eigenvalue weighted by atomic mass is 32.2. The molecular formula is C28H36FN3O2S. The molecule has 0 bridgehead atoms. The van der Waals surface area contributed by atoms with E-state index in [1.54, 1.807) is 23.9 Å². The first-order valence-corrected chi connectivity index (χ1v) is 13.7. The molecule has 35 heavy (non-hydrogen) atoms. The maximum atomic E-state index is 13.4. The van der Waals surface area contributed by atoms with Crippen molar-refractivity contribution in [3.8, 4) is 11.5 Å². The van der Waals surface area contributed by atoms with Gasteiger partial charge in [0.25, 0.3) is 0 Å². The van der Waals surface area contributed by atoms with Gasteiger partial charge in [0.05, 0.1) is 10.7 Å². The molecule has 1 N–H and O–H groups in total. The van der Waals surface area contributed by atoms with Crippen molar-refractivity contribution in [2.24, 2.45) is 4.99 Å². The zero-order chi connectivity index (χ0) is 24.3. The molecule has 1 saturated heterocycles. The Labute approximate surface area is 212 Å². The Bertz CT molecular complexity index is 1010. The number of nitrogens with one attached hydrogen (secondary N) is 1. The summed E-state index contributed by atoms with van der Waals surface area (Å²) < 4.78 is 24.7. The summed E-state index contributed by atoms with van der Waals surface area (Å²) in [5.41, 5.74) is 5.29. The summed E-state index contributed by atoms with van der Waals surface area (Å²) in [5, 5.41) is 3.98. The fourth-order valence-electron chi connectivity index (χ4n) is 4.16. The number of amidine groups is 1. The molecule has 1 fully saturated rings. The molecule has 5 nitrogen and oxygen atoms in total. The number of ether oxygens (including phenoxy) is 2. The third-order valence-corrected chi connectivity index (χ3v) is 7.00. The number of hydrazine groups is 1. The molecule has 188 valence electrons. The van der Waals surface area contributed by atoms with Gasteiger partial charge in [0, 0.05) is 6.54 Å². The van der Waals surface area contributed by atoms with Crippen LogP contribution in [-0.2, 0) is 0 Å². The molecule has 0 spiro atoms. The van der Waals surface area contributed by atoms with Gasteiger partial charge in [-0.25, -0.2) is 9.38 Å². The lowest BCUT2D eigenvalue weighted by Crippen LogP contribution is -2.34. The summed E-state index contributed by atoms with van der Waals surface area (Å²) in [6, 6.07) is 12.3. The van der Waals surface area contributed by atoms with Crippen LogP contribution in [0.2, 0.25) is 0 Å². The number of unbranched alkanes of at least 4 members (excludes halogenated alkanes) is 8. The normalized spacial score (nSPS) is 17.3. The third kappa shape index (κ3) is 7.92. The van der Waals surface area contributed by atoms with Crippen LogP contribution in [0.15, 0.2) is 52.5 Å². The van der Waals surface area contributed by atoms with Gasteiger partial charge in [-0.2, -0.15) is 0 Å². The monoisotopic (exact) mass is 497 g/mol. The van der Waals surface area contributed by atoms with Gasteiger partial charge in [-0.1, -0.05) is 64.4 Å². The van der Waals surface area contributed by atoms with Gasteiger partial charge in [0.15, 0.2) is 16.7 Å². The SMILES string of the molecule is CCCCCCCCCCCN1N/C(=C/c2ccc3c(c2)OCCO3)SC1=Nc1ccc(F)cc1. The van der Waals surface area contributed by atoms with E-state index < -0.39 is 0 Å². The summed E-state index contributed by atoms with van der Waals surface area (Å²) in [5.74, 6) is 1.31. The highest BCUT2D eigenvalue weighted by Crippen LogP contribution is 2.34. The van der Waals surface area contributed by atoms with Gasteiger partial charge < -0.3 is 9.47 Å². The molecule has 2 aliphatic rings. The summed E-state index contributed by atoms with van der Waals surface area (Å²) >= 11 is 1.59. The molecule has 0 saturated carbocycles. The van der Waals surface area contributed by atoms with E-state index >= 15 is 0 Å². The second kappa shape index (κ2) is 13.4. The molecule has 0 radical (unpaired) electrons. The minimum atomic E-state index is -0.253. The van der Waals surface area contributed by atoms with Crippen LogP contribution in [0.5, 0.6) is 11.5 Å². The molecule has 2 heterocycles. The van der Waals surface area contributed by atoms with E-state index in [9.17, 15) is 4.39 Å². The fourth-order valence-corrected chi connectivity index (χ4v) is 5.11. The first-order chi connectivity index (χ1) is 17.2. The first kappa shape index (κ1) is 25.4. The van der Waals surface area contributed by atoms with Crippen molar-refractivity contribution >= 4 is 28.7 Å². The summed E-state index contributed by atoms with van der Waals surface area (Å²) in [6.07, 6.45) is 13.7. The van der Waals surface area contributed by atoms with Crippen LogP contribution in [0, 0.1) is 5.82 Å². The molecule has 0 atom stereocenters. The molecule has 0 aliphatic carbocycles. The zero-order valence-electron chi connectivity index (χ0n) is 20.6. The Morgan fingerprint density at radius 3 is 2.34 bits per heavy atom. The van der Waals surface area contributed by atoms with Crippen molar-refractivity contribution in [2.75, 3.05) is 19.8 Å². The van der Waals surface area contributed by atoms with Crippen molar-refractivity contribution in [1.82, 2.24) is 10.4 Å². The van der Waals surface area contributed by atoms with E-state index in [1.165, 1.54) is 63.5 Å². The van der Waals surface area contributed by atoms with Gasteiger partial charge in [0.1, 0.15) is 19.0 Å². The number of aliphatic imine (C=N–C) groups is 1. The van der Waals surface area contributed by atoms with Crippen molar-refractivity contribution in [3.05, 3.63) is 58.9 Å². The first-order valence-electron chi connectivity index (χ1n) is 12.9. The predicted octanol–water partition coefficient (Wildman–Crippen LogP) is 7.67. The van der Waals surface area contributed by atoms with Gasteiger partial charge in [-0.3, -0.25) is 10.4 Å². The van der Waals surface area contributed by atoms with Crippen LogP contribution in [-0.4, -0.2) is 29.9 Å². The summed E-state index contributed by atoms with van der Waals surface area (Å²) in [6.45, 7) is 4.29. The number of thioether (sulfide) groups is 1. The van der Waals surface area contributed by atoms with E-state index in [2.05, 4.69) is 23.4 Å². The van der Waals surface area contributed by atoms with E-state index in [0.29, 0.717) is 13.2 Å². The minimum absolute atomic E-state index is 0.253. The topological polar surface area (TPSA) is 46.1 Å². The summed E-state index contributed by atoms with van der Waals surface area (Å²) in [4.78, 5) is 4.79. The molecule has 4 rings (SSSR count). The Hall–Kier alpha value is -2.67. The van der Waals surface area contributed by atoms with Crippen molar-refractivity contribution in [1.29, 1.82) is 0 Å². The average molecular weight is 498 g/mol. The average Bonchev–Trinajstić information content (AvgIpc) is 3.25. The Balaban J connectivity index is 1.37. The molecule has 0 amide bonds. The lowest BCUT2D eigenvalue weighted by Gasteiger charge is -2.19. The molecule has 7 heteroatoms. The second-order valence-electron chi connectivity index (χ2n) is 8.98. The number of rotatable bonds is 12. The quantitative estimate of drug-likeness (QED) is 0.305. The van der Waals surface area contributed by atoms with Crippen LogP contribution in [0.3, 0.4) is 0 Å². The Kier molecular flexibility index (Phi) is 9.75. The molecule has 2 aliphatic heterocycles. The number of nitrogens with zero attached hydrogens (tertiary/aromatic N) is 2. The van der Waals surface area contributed by atoms with Gasteiger partial charge >= 0.3 is 0 Å². The van der Waals surface area contributed by atoms with Gasteiger partial charge in [-0.15, -0.1) is 0 Å². The highest BCUT2D eigenvalue weighted by molar-refractivity contribution is 8.17. The van der Waals surface area contributed by atoms with Gasteiger partial charge in [0.2, 0.25) is 0 Å². The molecule has 0 unspecified atom stereocenters. The lowest BCUT2D eigenvalue weighted by molar-refractivity contribution is 0.171. The Morgan fingerprint density at radius 2 is 1.60 bits per heavy atom.